The molecule has 0 aliphatic rings. The fraction of sp³-hybridized carbons (Fsp3) is 0.276. The molecule has 2 aromatic heterocycles. The Bertz CT molecular complexity index is 2840. The third-order valence-corrected chi connectivity index (χ3v) is 12.0. The van der Waals surface area contributed by atoms with E-state index in [-0.39, 0.29) is 17.2 Å². The molecule has 0 spiro atoms. The summed E-state index contributed by atoms with van der Waals surface area (Å²) in [5, 5.41) is 31.0. The Hall–Kier alpha value is -7.46. The average Bonchev–Trinajstić information content (AvgIpc) is 3.28. The van der Waals surface area contributed by atoms with Crippen molar-refractivity contribution in [2.45, 2.75) is 101 Å². The minimum Gasteiger partial charge on any atom is -0.508 e. The summed E-state index contributed by atoms with van der Waals surface area (Å²) in [6.45, 7) is 19.3. The summed E-state index contributed by atoms with van der Waals surface area (Å²) in [7, 11) is 0. The third kappa shape index (κ3) is 11.9. The van der Waals surface area contributed by atoms with Crippen molar-refractivity contribution in [3.63, 3.8) is 0 Å². The zero-order chi connectivity index (χ0) is 48.5. The Morgan fingerprint density at radius 2 is 0.676 bits per heavy atom. The number of phenolic OH excluding ortho intramolecular Hbond substituents is 3. The van der Waals surface area contributed by atoms with Gasteiger partial charge in [0.25, 0.3) is 0 Å². The first-order chi connectivity index (χ1) is 32.7. The van der Waals surface area contributed by atoms with E-state index in [1.54, 1.807) is 12.1 Å². The van der Waals surface area contributed by atoms with E-state index in [9.17, 15) is 15.3 Å². The first-order valence-corrected chi connectivity index (χ1v) is 23.5. The fourth-order valence-electron chi connectivity index (χ4n) is 8.30. The van der Waals surface area contributed by atoms with Crippen LogP contribution >= 0.6 is 0 Å². The molecule has 0 bridgehead atoms. The number of aromatic nitrogens is 6. The van der Waals surface area contributed by atoms with Gasteiger partial charge in [0.2, 0.25) is 0 Å². The lowest BCUT2D eigenvalue weighted by molar-refractivity contribution is 0.303. The maximum absolute atomic E-state index is 11.0. The van der Waals surface area contributed by atoms with Gasteiger partial charge in [0.15, 0.2) is 34.9 Å². The van der Waals surface area contributed by atoms with Crippen LogP contribution in [0.4, 0.5) is 0 Å². The molecule has 3 N–H and O–H groups in total. The molecule has 0 aliphatic heterocycles. The number of aryl methyl sites for hydroxylation is 8. The molecule has 10 heteroatoms. The van der Waals surface area contributed by atoms with E-state index in [0.717, 1.165) is 68.5 Å². The lowest BCUT2D eigenvalue weighted by Crippen LogP contribution is -2.02. The van der Waals surface area contributed by atoms with Crippen LogP contribution in [0.2, 0.25) is 0 Å². The maximum Gasteiger partial charge on any atom is 0.167 e. The number of hydrogen-bond acceptors (Lipinski definition) is 10. The minimum absolute atomic E-state index is 0.0190. The van der Waals surface area contributed by atoms with Gasteiger partial charge in [0.1, 0.15) is 23.0 Å². The summed E-state index contributed by atoms with van der Waals surface area (Å²) in [5.41, 5.74) is 13.7. The summed E-state index contributed by atoms with van der Waals surface area (Å²) < 4.78 is 5.91. The van der Waals surface area contributed by atoms with E-state index in [1.165, 1.54) is 48.9 Å². The van der Waals surface area contributed by atoms with Crippen LogP contribution in [0.1, 0.15) is 90.0 Å². The van der Waals surface area contributed by atoms with E-state index < -0.39 is 0 Å². The predicted octanol–water partition coefficient (Wildman–Crippen LogP) is 14.1. The van der Waals surface area contributed by atoms with Gasteiger partial charge in [-0.15, -0.1) is 0 Å². The molecule has 0 saturated heterocycles. The molecule has 6 aromatic carbocycles. The second-order valence-electron chi connectivity index (χ2n) is 17.9. The highest BCUT2D eigenvalue weighted by Gasteiger charge is 2.19. The van der Waals surface area contributed by atoms with Crippen LogP contribution in [-0.4, -0.2) is 51.8 Å². The van der Waals surface area contributed by atoms with E-state index in [2.05, 4.69) is 93.1 Å². The molecule has 0 atom stereocenters. The molecule has 0 fully saturated rings. The van der Waals surface area contributed by atoms with E-state index >= 15 is 0 Å². The van der Waals surface area contributed by atoms with Crippen molar-refractivity contribution < 1.29 is 20.1 Å². The third-order valence-electron chi connectivity index (χ3n) is 12.0. The molecular formula is C58H62N6O4. The molecule has 0 radical (unpaired) electrons. The molecule has 0 aliphatic carbocycles. The quantitative estimate of drug-likeness (QED) is 0.0901. The summed E-state index contributed by atoms with van der Waals surface area (Å²) in [6, 6.07) is 34.5. The molecule has 10 nitrogen and oxygen atoms in total. The van der Waals surface area contributed by atoms with Crippen LogP contribution < -0.4 is 4.74 Å². The molecule has 68 heavy (non-hydrogen) atoms. The smallest absolute Gasteiger partial charge is 0.167 e. The molecular weight excluding hydrogens is 845 g/mol. The second-order valence-corrected chi connectivity index (χ2v) is 17.9. The Balaban J connectivity index is 0.000000207. The van der Waals surface area contributed by atoms with Gasteiger partial charge in [-0.2, -0.15) is 0 Å². The molecule has 0 amide bonds. The standard InChI is InChI=1S/C33H39N3O2.C25H23N3O2/c1-6-7-8-9-10-11-18-38-26-14-17-29(30(37)21-26)33-35-31(27-15-12-22(2)19-24(27)4)34-32(36-33)28-16-13-23(3)20-25(28)5;1-14-5-8-19(16(3)11-14)23-26-24(20-9-6-15(2)12-17(20)4)28-25(27-23)21-10-7-18(29)13-22(21)30/h12-17,19-21,37H,6-11,18H2,1-5H3;5-13,29-30H,1-4H3. The SMILES string of the molecule is CCCCCCCCOc1ccc(-c2nc(-c3ccc(C)cc3C)nc(-c3ccc(C)cc3C)n2)c(O)c1.Cc1ccc(-c2nc(-c3ccc(C)cc3C)nc(-c3ccc(O)cc3O)n2)c(C)c1. The summed E-state index contributed by atoms with van der Waals surface area (Å²) in [5.74, 6) is 3.69. The maximum atomic E-state index is 11.0. The number of benzene rings is 6. The van der Waals surface area contributed by atoms with Crippen LogP contribution in [-0.2, 0) is 0 Å². The number of aromatic hydroxyl groups is 3. The number of hydrogen-bond donors (Lipinski definition) is 3. The highest BCUT2D eigenvalue weighted by Crippen LogP contribution is 2.36. The molecule has 8 rings (SSSR count). The van der Waals surface area contributed by atoms with Crippen LogP contribution in [0.25, 0.3) is 68.3 Å². The molecule has 2 heterocycles. The average molecular weight is 907 g/mol. The van der Waals surface area contributed by atoms with Gasteiger partial charge in [-0.1, -0.05) is 134 Å². The Morgan fingerprint density at radius 1 is 0.353 bits per heavy atom. The summed E-state index contributed by atoms with van der Waals surface area (Å²) >= 11 is 0. The largest absolute Gasteiger partial charge is 0.508 e. The Morgan fingerprint density at radius 3 is 1.03 bits per heavy atom. The van der Waals surface area contributed by atoms with Gasteiger partial charge >= 0.3 is 0 Å². The number of nitrogens with zero attached hydrogens (tertiary/aromatic N) is 6. The molecule has 0 unspecified atom stereocenters. The van der Waals surface area contributed by atoms with Crippen molar-refractivity contribution in [3.8, 4) is 91.3 Å². The van der Waals surface area contributed by atoms with Crippen molar-refractivity contribution in [2.75, 3.05) is 6.61 Å². The summed E-state index contributed by atoms with van der Waals surface area (Å²) in [4.78, 5) is 28.6. The van der Waals surface area contributed by atoms with Crippen LogP contribution in [0.15, 0.2) is 109 Å². The summed E-state index contributed by atoms with van der Waals surface area (Å²) in [6.07, 6.45) is 7.25. The fourth-order valence-corrected chi connectivity index (χ4v) is 8.30. The van der Waals surface area contributed by atoms with Crippen molar-refractivity contribution in [3.05, 3.63) is 154 Å². The van der Waals surface area contributed by atoms with Crippen LogP contribution in [0.5, 0.6) is 23.0 Å². The zero-order valence-corrected chi connectivity index (χ0v) is 40.8. The normalized spacial score (nSPS) is 11.0. The monoisotopic (exact) mass is 906 g/mol. The van der Waals surface area contributed by atoms with Crippen LogP contribution in [0.3, 0.4) is 0 Å². The topological polar surface area (TPSA) is 147 Å². The minimum atomic E-state index is -0.0839. The Kier molecular flexibility index (Phi) is 15.6. The molecule has 0 saturated carbocycles. The lowest BCUT2D eigenvalue weighted by Gasteiger charge is -2.13. The zero-order valence-electron chi connectivity index (χ0n) is 40.8. The van der Waals surface area contributed by atoms with E-state index in [1.807, 2.05) is 64.1 Å². The van der Waals surface area contributed by atoms with Gasteiger partial charge in [-0.25, -0.2) is 29.9 Å². The van der Waals surface area contributed by atoms with Crippen molar-refractivity contribution in [2.24, 2.45) is 0 Å². The molecule has 348 valence electrons. The number of unbranched alkanes of at least 4 members (excludes halogenated alkanes) is 5. The first-order valence-electron chi connectivity index (χ1n) is 23.5. The lowest BCUT2D eigenvalue weighted by atomic mass is 10.0. The van der Waals surface area contributed by atoms with Gasteiger partial charge in [0, 0.05) is 34.4 Å². The van der Waals surface area contributed by atoms with Gasteiger partial charge in [-0.05, 0) is 108 Å². The number of ether oxygens (including phenoxy) is 1. The highest BCUT2D eigenvalue weighted by molar-refractivity contribution is 5.74. The Labute approximate surface area is 400 Å². The number of phenols is 3. The highest BCUT2D eigenvalue weighted by atomic mass is 16.5. The predicted molar refractivity (Wildman–Crippen MR) is 274 cm³/mol. The van der Waals surface area contributed by atoms with Gasteiger partial charge < -0.3 is 20.1 Å². The van der Waals surface area contributed by atoms with Gasteiger partial charge in [0.05, 0.1) is 17.7 Å². The van der Waals surface area contributed by atoms with Crippen molar-refractivity contribution >= 4 is 0 Å². The van der Waals surface area contributed by atoms with Gasteiger partial charge in [-0.3, -0.25) is 0 Å². The first kappa shape index (κ1) is 48.5. The van der Waals surface area contributed by atoms with E-state index in [4.69, 9.17) is 24.7 Å². The van der Waals surface area contributed by atoms with Crippen molar-refractivity contribution in [1.82, 2.24) is 29.9 Å². The number of rotatable bonds is 14. The van der Waals surface area contributed by atoms with E-state index in [0.29, 0.717) is 58.4 Å². The second kappa shape index (κ2) is 21.9. The van der Waals surface area contributed by atoms with Crippen molar-refractivity contribution in [1.29, 1.82) is 0 Å². The molecule has 8 aromatic rings. The van der Waals surface area contributed by atoms with Crippen LogP contribution in [0, 0.1) is 55.4 Å².